The van der Waals surface area contributed by atoms with Crippen LogP contribution in [0.25, 0.3) is 0 Å². The molecular formula is C18H25N3O2. The third kappa shape index (κ3) is 5.43. The van der Waals surface area contributed by atoms with Gasteiger partial charge in [-0.2, -0.15) is 0 Å². The fourth-order valence-corrected chi connectivity index (χ4v) is 2.73. The highest BCUT2D eigenvalue weighted by Gasteiger charge is 2.23. The van der Waals surface area contributed by atoms with Crippen molar-refractivity contribution in [3.63, 3.8) is 0 Å². The van der Waals surface area contributed by atoms with Crippen LogP contribution in [0.1, 0.15) is 43.7 Å². The summed E-state index contributed by atoms with van der Waals surface area (Å²) >= 11 is 0. The van der Waals surface area contributed by atoms with Gasteiger partial charge in [-0.15, -0.1) is 6.58 Å². The van der Waals surface area contributed by atoms with Crippen LogP contribution in [0.2, 0.25) is 0 Å². The SMILES string of the molecule is C=CCC[C@H](NC(=O)N[C@@H]1CCCCNC1=O)c1ccccc1. The molecule has 0 saturated carbocycles. The van der Waals surface area contributed by atoms with Gasteiger partial charge in [-0.1, -0.05) is 36.4 Å². The van der Waals surface area contributed by atoms with Crippen molar-refractivity contribution >= 4 is 11.9 Å². The number of carbonyl (C=O) groups excluding carboxylic acids is 2. The van der Waals surface area contributed by atoms with E-state index in [9.17, 15) is 9.59 Å². The van der Waals surface area contributed by atoms with Crippen LogP contribution in [0.15, 0.2) is 43.0 Å². The molecule has 2 rings (SSSR count). The van der Waals surface area contributed by atoms with E-state index in [-0.39, 0.29) is 18.0 Å². The lowest BCUT2D eigenvalue weighted by Gasteiger charge is -2.21. The Morgan fingerprint density at radius 3 is 2.87 bits per heavy atom. The second kappa shape index (κ2) is 8.98. The molecule has 1 aliphatic rings. The molecule has 1 aromatic carbocycles. The summed E-state index contributed by atoms with van der Waals surface area (Å²) in [5.74, 6) is -0.0972. The van der Waals surface area contributed by atoms with Crippen LogP contribution >= 0.6 is 0 Å². The number of benzene rings is 1. The van der Waals surface area contributed by atoms with Gasteiger partial charge in [-0.25, -0.2) is 4.79 Å². The molecular weight excluding hydrogens is 290 g/mol. The summed E-state index contributed by atoms with van der Waals surface area (Å²) in [7, 11) is 0. The minimum Gasteiger partial charge on any atom is -0.354 e. The van der Waals surface area contributed by atoms with Crippen LogP contribution in [0.3, 0.4) is 0 Å². The fourth-order valence-electron chi connectivity index (χ4n) is 2.73. The number of carbonyl (C=O) groups is 2. The minimum atomic E-state index is -0.451. The number of amides is 3. The largest absolute Gasteiger partial charge is 0.354 e. The first-order chi connectivity index (χ1) is 11.2. The molecule has 0 aromatic heterocycles. The average Bonchev–Trinajstić information content (AvgIpc) is 2.77. The van der Waals surface area contributed by atoms with Crippen molar-refractivity contribution in [2.75, 3.05) is 6.54 Å². The predicted octanol–water partition coefficient (Wildman–Crippen LogP) is 2.66. The summed E-state index contributed by atoms with van der Waals surface area (Å²) < 4.78 is 0. The van der Waals surface area contributed by atoms with Crippen molar-refractivity contribution in [2.24, 2.45) is 0 Å². The van der Waals surface area contributed by atoms with Crippen molar-refractivity contribution in [2.45, 2.75) is 44.2 Å². The molecule has 1 heterocycles. The lowest BCUT2D eigenvalue weighted by molar-refractivity contribution is -0.122. The first-order valence-electron chi connectivity index (χ1n) is 8.21. The van der Waals surface area contributed by atoms with Gasteiger partial charge in [-0.05, 0) is 37.7 Å². The molecule has 3 N–H and O–H groups in total. The molecule has 1 fully saturated rings. The number of hydrogen-bond donors (Lipinski definition) is 3. The minimum absolute atomic E-state index is 0.0944. The Labute approximate surface area is 137 Å². The molecule has 2 atom stereocenters. The van der Waals surface area contributed by atoms with Crippen molar-refractivity contribution in [1.29, 1.82) is 0 Å². The lowest BCUT2D eigenvalue weighted by atomic mass is 10.0. The summed E-state index contributed by atoms with van der Waals surface area (Å²) in [6.45, 7) is 4.42. The van der Waals surface area contributed by atoms with E-state index in [0.717, 1.165) is 31.2 Å². The Bertz CT molecular complexity index is 530. The first-order valence-corrected chi connectivity index (χ1v) is 8.21. The second-order valence-electron chi connectivity index (χ2n) is 5.79. The van der Waals surface area contributed by atoms with Crippen LogP contribution in [0.5, 0.6) is 0 Å². The number of rotatable bonds is 6. The third-order valence-corrected chi connectivity index (χ3v) is 4.01. The maximum atomic E-state index is 12.3. The van der Waals surface area contributed by atoms with E-state index in [4.69, 9.17) is 0 Å². The van der Waals surface area contributed by atoms with Crippen molar-refractivity contribution in [3.05, 3.63) is 48.6 Å². The van der Waals surface area contributed by atoms with E-state index < -0.39 is 6.04 Å². The van der Waals surface area contributed by atoms with E-state index in [1.165, 1.54) is 0 Å². The van der Waals surface area contributed by atoms with Gasteiger partial charge < -0.3 is 16.0 Å². The third-order valence-electron chi connectivity index (χ3n) is 4.01. The van der Waals surface area contributed by atoms with E-state index in [0.29, 0.717) is 13.0 Å². The summed E-state index contributed by atoms with van der Waals surface area (Å²) in [6, 6.07) is 8.99. The maximum absolute atomic E-state index is 12.3. The van der Waals surface area contributed by atoms with Gasteiger partial charge in [0.2, 0.25) is 5.91 Å². The Morgan fingerprint density at radius 2 is 2.13 bits per heavy atom. The van der Waals surface area contributed by atoms with Crippen LogP contribution in [0, 0.1) is 0 Å². The van der Waals surface area contributed by atoms with Gasteiger partial charge in [0.15, 0.2) is 0 Å². The summed E-state index contributed by atoms with van der Waals surface area (Å²) in [5, 5.41) is 8.60. The average molecular weight is 315 g/mol. The molecule has 1 saturated heterocycles. The molecule has 23 heavy (non-hydrogen) atoms. The molecule has 0 aliphatic carbocycles. The number of hydrogen-bond acceptors (Lipinski definition) is 2. The Morgan fingerprint density at radius 1 is 1.35 bits per heavy atom. The molecule has 0 radical (unpaired) electrons. The van der Waals surface area contributed by atoms with Crippen LogP contribution in [0.4, 0.5) is 4.79 Å². The molecule has 5 nitrogen and oxygen atoms in total. The van der Waals surface area contributed by atoms with E-state index >= 15 is 0 Å². The van der Waals surface area contributed by atoms with Crippen molar-refractivity contribution in [1.82, 2.24) is 16.0 Å². The predicted molar refractivity (Wildman–Crippen MR) is 90.9 cm³/mol. The number of nitrogens with one attached hydrogen (secondary N) is 3. The van der Waals surface area contributed by atoms with Crippen LogP contribution in [-0.4, -0.2) is 24.5 Å². The smallest absolute Gasteiger partial charge is 0.315 e. The second-order valence-corrected chi connectivity index (χ2v) is 5.79. The van der Waals surface area contributed by atoms with Crippen molar-refractivity contribution in [3.8, 4) is 0 Å². The quantitative estimate of drug-likeness (QED) is 0.706. The van der Waals surface area contributed by atoms with Crippen molar-refractivity contribution < 1.29 is 9.59 Å². The van der Waals surface area contributed by atoms with E-state index in [2.05, 4.69) is 22.5 Å². The van der Waals surface area contributed by atoms with Gasteiger partial charge in [0.05, 0.1) is 6.04 Å². The molecule has 1 aromatic rings. The highest BCUT2D eigenvalue weighted by molar-refractivity contribution is 5.87. The molecule has 1 aliphatic heterocycles. The Hall–Kier alpha value is -2.30. The summed E-state index contributed by atoms with van der Waals surface area (Å²) in [5.41, 5.74) is 1.05. The Kier molecular flexibility index (Phi) is 6.66. The topological polar surface area (TPSA) is 70.2 Å². The monoisotopic (exact) mass is 315 g/mol. The van der Waals surface area contributed by atoms with Gasteiger partial charge in [0.1, 0.15) is 6.04 Å². The van der Waals surface area contributed by atoms with Gasteiger partial charge in [-0.3, -0.25) is 4.79 Å². The van der Waals surface area contributed by atoms with Gasteiger partial charge in [0, 0.05) is 6.54 Å². The standard InChI is InChI=1S/C18H25N3O2/c1-2-3-11-15(14-9-5-4-6-10-14)20-18(23)21-16-12-7-8-13-19-17(16)22/h2,4-6,9-10,15-16H,1,3,7-8,11-13H2,(H,19,22)(H2,20,21,23)/t15-,16+/m0/s1. The fraction of sp³-hybridized carbons (Fsp3) is 0.444. The summed E-state index contributed by atoms with van der Waals surface area (Å²) in [6.07, 6.45) is 6.00. The molecule has 0 spiro atoms. The highest BCUT2D eigenvalue weighted by Crippen LogP contribution is 2.18. The molecule has 5 heteroatoms. The highest BCUT2D eigenvalue weighted by atomic mass is 16.2. The molecule has 0 bridgehead atoms. The first kappa shape index (κ1) is 17.1. The normalized spacial score (nSPS) is 19.1. The Balaban J connectivity index is 1.96. The van der Waals surface area contributed by atoms with Gasteiger partial charge >= 0.3 is 6.03 Å². The molecule has 3 amide bonds. The maximum Gasteiger partial charge on any atom is 0.315 e. The number of urea groups is 1. The zero-order valence-electron chi connectivity index (χ0n) is 13.4. The molecule has 124 valence electrons. The van der Waals surface area contributed by atoms with Gasteiger partial charge in [0.25, 0.3) is 0 Å². The molecule has 0 unspecified atom stereocenters. The summed E-state index contributed by atoms with van der Waals surface area (Å²) in [4.78, 5) is 24.2. The van der Waals surface area contributed by atoms with Crippen LogP contribution < -0.4 is 16.0 Å². The van der Waals surface area contributed by atoms with E-state index in [1.807, 2.05) is 36.4 Å². The van der Waals surface area contributed by atoms with E-state index in [1.54, 1.807) is 0 Å². The van der Waals surface area contributed by atoms with Crippen LogP contribution in [-0.2, 0) is 4.79 Å². The lowest BCUT2D eigenvalue weighted by Crippen LogP contribution is -2.49. The number of allylic oxidation sites excluding steroid dienone is 1. The zero-order chi connectivity index (χ0) is 16.5. The zero-order valence-corrected chi connectivity index (χ0v) is 13.4.